The highest BCUT2D eigenvalue weighted by Crippen LogP contribution is 2.33. The number of halogens is 2. The third-order valence-electron chi connectivity index (χ3n) is 4.67. The van der Waals surface area contributed by atoms with Gasteiger partial charge in [-0.2, -0.15) is 0 Å². The van der Waals surface area contributed by atoms with Gasteiger partial charge in [0, 0.05) is 25.5 Å². The molecule has 4 aromatic rings. The largest absolute Gasteiger partial charge is 0.494 e. The Labute approximate surface area is 187 Å². The standard InChI is InChI=1S/C22H20ClFN4O2S/c1-2-30-15-7-8-18-19(13-15)31-22(26-18)28(11-4-10-27-12-9-25-14-27)21(29)20-16(23)5-3-6-17(20)24/h3,5-9,12-14H,2,4,10-11H2,1H3. The first-order valence-electron chi connectivity index (χ1n) is 9.82. The van der Waals surface area contributed by atoms with Crippen molar-refractivity contribution in [3.8, 4) is 5.75 Å². The molecule has 0 saturated heterocycles. The normalized spacial score (nSPS) is 11.1. The van der Waals surface area contributed by atoms with E-state index in [0.29, 0.717) is 31.2 Å². The van der Waals surface area contributed by atoms with E-state index < -0.39 is 11.7 Å². The number of benzene rings is 2. The Hall–Kier alpha value is -2.97. The number of carbonyl (C=O) groups excluding carboxylic acids is 1. The van der Waals surface area contributed by atoms with Crippen LogP contribution in [0.15, 0.2) is 55.1 Å². The molecule has 6 nitrogen and oxygen atoms in total. The van der Waals surface area contributed by atoms with Gasteiger partial charge in [0.15, 0.2) is 5.13 Å². The smallest absolute Gasteiger partial charge is 0.264 e. The summed E-state index contributed by atoms with van der Waals surface area (Å²) in [6, 6.07) is 9.80. The number of aryl methyl sites for hydroxylation is 1. The van der Waals surface area contributed by atoms with Gasteiger partial charge >= 0.3 is 0 Å². The molecular formula is C22H20ClFN4O2S. The van der Waals surface area contributed by atoms with E-state index >= 15 is 0 Å². The third kappa shape index (κ3) is 4.70. The minimum atomic E-state index is -0.656. The van der Waals surface area contributed by atoms with Gasteiger partial charge in [-0.3, -0.25) is 9.69 Å². The average molecular weight is 459 g/mol. The van der Waals surface area contributed by atoms with Crippen LogP contribution in [0.25, 0.3) is 10.2 Å². The van der Waals surface area contributed by atoms with Crippen molar-refractivity contribution in [1.82, 2.24) is 14.5 Å². The molecule has 0 N–H and O–H groups in total. The van der Waals surface area contributed by atoms with Crippen LogP contribution in [0.4, 0.5) is 9.52 Å². The van der Waals surface area contributed by atoms with Crippen LogP contribution in [0.1, 0.15) is 23.7 Å². The summed E-state index contributed by atoms with van der Waals surface area (Å²) in [5.74, 6) is -0.435. The number of hydrogen-bond acceptors (Lipinski definition) is 5. The second-order valence-electron chi connectivity index (χ2n) is 6.77. The summed E-state index contributed by atoms with van der Waals surface area (Å²) >= 11 is 7.53. The van der Waals surface area contributed by atoms with Crippen LogP contribution in [0, 0.1) is 5.82 Å². The molecule has 0 spiro atoms. The van der Waals surface area contributed by atoms with E-state index in [1.165, 1.54) is 34.4 Å². The minimum Gasteiger partial charge on any atom is -0.494 e. The van der Waals surface area contributed by atoms with Gasteiger partial charge in [0.2, 0.25) is 0 Å². The van der Waals surface area contributed by atoms with Crippen molar-refractivity contribution in [2.45, 2.75) is 19.9 Å². The number of nitrogens with zero attached hydrogens (tertiary/aromatic N) is 4. The Kier molecular flexibility index (Phi) is 6.48. The summed E-state index contributed by atoms with van der Waals surface area (Å²) in [4.78, 5) is 23.5. The van der Waals surface area contributed by atoms with E-state index in [0.717, 1.165) is 16.0 Å². The molecule has 0 aliphatic rings. The predicted molar refractivity (Wildman–Crippen MR) is 121 cm³/mol. The first kappa shape index (κ1) is 21.3. The minimum absolute atomic E-state index is 0.0735. The Bertz CT molecular complexity index is 1180. The summed E-state index contributed by atoms with van der Waals surface area (Å²) in [7, 11) is 0. The quantitative estimate of drug-likeness (QED) is 0.353. The molecule has 0 saturated carbocycles. The molecule has 2 aromatic heterocycles. The van der Waals surface area contributed by atoms with Crippen LogP contribution in [0.3, 0.4) is 0 Å². The molecular weight excluding hydrogens is 439 g/mol. The second-order valence-corrected chi connectivity index (χ2v) is 8.18. The molecule has 0 bridgehead atoms. The molecule has 0 unspecified atom stereocenters. The van der Waals surface area contributed by atoms with E-state index in [2.05, 4.69) is 9.97 Å². The molecule has 0 radical (unpaired) electrons. The van der Waals surface area contributed by atoms with E-state index in [-0.39, 0.29) is 10.6 Å². The number of amides is 1. The van der Waals surface area contributed by atoms with Crippen molar-refractivity contribution in [2.24, 2.45) is 0 Å². The van der Waals surface area contributed by atoms with E-state index in [1.54, 1.807) is 12.5 Å². The maximum Gasteiger partial charge on any atom is 0.264 e. The highest BCUT2D eigenvalue weighted by atomic mass is 35.5. The Balaban J connectivity index is 1.67. The molecule has 0 atom stereocenters. The van der Waals surface area contributed by atoms with Crippen LogP contribution < -0.4 is 9.64 Å². The number of fused-ring (bicyclic) bond motifs is 1. The monoisotopic (exact) mass is 458 g/mol. The van der Waals surface area contributed by atoms with Crippen LogP contribution >= 0.6 is 22.9 Å². The van der Waals surface area contributed by atoms with Crippen molar-refractivity contribution < 1.29 is 13.9 Å². The van der Waals surface area contributed by atoms with Gasteiger partial charge in [-0.1, -0.05) is 29.0 Å². The summed E-state index contributed by atoms with van der Waals surface area (Å²) in [5, 5.41) is 0.558. The molecule has 0 aliphatic heterocycles. The lowest BCUT2D eigenvalue weighted by Gasteiger charge is -2.21. The number of ether oxygens (including phenoxy) is 1. The lowest BCUT2D eigenvalue weighted by atomic mass is 10.2. The highest BCUT2D eigenvalue weighted by molar-refractivity contribution is 7.22. The maximum atomic E-state index is 14.5. The van der Waals surface area contributed by atoms with Gasteiger partial charge < -0.3 is 9.30 Å². The fourth-order valence-corrected chi connectivity index (χ4v) is 4.48. The molecule has 2 aromatic carbocycles. The number of thiazole rings is 1. The van der Waals surface area contributed by atoms with E-state index in [4.69, 9.17) is 16.3 Å². The zero-order valence-electron chi connectivity index (χ0n) is 16.8. The number of aromatic nitrogens is 3. The molecule has 9 heteroatoms. The molecule has 160 valence electrons. The molecule has 2 heterocycles. The van der Waals surface area contributed by atoms with Crippen LogP contribution in [-0.4, -0.2) is 33.6 Å². The molecule has 0 aliphatic carbocycles. The summed E-state index contributed by atoms with van der Waals surface area (Å²) in [5.41, 5.74) is 0.594. The van der Waals surface area contributed by atoms with Gasteiger partial charge in [0.1, 0.15) is 11.6 Å². The van der Waals surface area contributed by atoms with Gasteiger partial charge in [-0.05, 0) is 43.7 Å². The van der Waals surface area contributed by atoms with Crippen molar-refractivity contribution in [3.05, 3.63) is 71.5 Å². The average Bonchev–Trinajstić information content (AvgIpc) is 3.40. The SMILES string of the molecule is CCOc1ccc2nc(N(CCCn3ccnc3)C(=O)c3c(F)cccc3Cl)sc2c1. The lowest BCUT2D eigenvalue weighted by Crippen LogP contribution is -2.33. The van der Waals surface area contributed by atoms with Crippen molar-refractivity contribution in [3.63, 3.8) is 0 Å². The first-order valence-corrected chi connectivity index (χ1v) is 11.0. The molecule has 1 amide bonds. The summed E-state index contributed by atoms with van der Waals surface area (Å²) in [6.45, 7) is 3.48. The van der Waals surface area contributed by atoms with E-state index in [9.17, 15) is 9.18 Å². The third-order valence-corrected chi connectivity index (χ3v) is 6.03. The Morgan fingerprint density at radius 1 is 1.32 bits per heavy atom. The maximum absolute atomic E-state index is 14.5. The van der Waals surface area contributed by atoms with Crippen LogP contribution in [0.5, 0.6) is 5.75 Å². The summed E-state index contributed by atoms with van der Waals surface area (Å²) < 4.78 is 22.9. The van der Waals surface area contributed by atoms with Crippen LogP contribution in [-0.2, 0) is 6.54 Å². The number of hydrogen-bond donors (Lipinski definition) is 0. The Morgan fingerprint density at radius 2 is 2.19 bits per heavy atom. The zero-order chi connectivity index (χ0) is 21.8. The first-order chi connectivity index (χ1) is 15.1. The van der Waals surface area contributed by atoms with Gasteiger partial charge in [-0.25, -0.2) is 14.4 Å². The van der Waals surface area contributed by atoms with Gasteiger partial charge in [0.05, 0.1) is 33.7 Å². The lowest BCUT2D eigenvalue weighted by molar-refractivity contribution is 0.0982. The molecule has 31 heavy (non-hydrogen) atoms. The highest BCUT2D eigenvalue weighted by Gasteiger charge is 2.25. The molecule has 4 rings (SSSR count). The fraction of sp³-hybridized carbons (Fsp3) is 0.227. The van der Waals surface area contributed by atoms with Gasteiger partial charge in [0.25, 0.3) is 5.91 Å². The predicted octanol–water partition coefficient (Wildman–Crippen LogP) is 5.42. The number of imidazole rings is 1. The Morgan fingerprint density at radius 3 is 2.94 bits per heavy atom. The number of rotatable bonds is 8. The van der Waals surface area contributed by atoms with Crippen molar-refractivity contribution >= 4 is 44.2 Å². The number of carbonyl (C=O) groups is 1. The summed E-state index contributed by atoms with van der Waals surface area (Å²) in [6.07, 6.45) is 5.90. The second kappa shape index (κ2) is 9.45. The molecule has 0 fully saturated rings. The van der Waals surface area contributed by atoms with Gasteiger partial charge in [-0.15, -0.1) is 0 Å². The van der Waals surface area contributed by atoms with Crippen LogP contribution in [0.2, 0.25) is 5.02 Å². The number of anilines is 1. The zero-order valence-corrected chi connectivity index (χ0v) is 18.4. The van der Waals surface area contributed by atoms with E-state index in [1.807, 2.05) is 35.9 Å². The van der Waals surface area contributed by atoms with Crippen molar-refractivity contribution in [2.75, 3.05) is 18.1 Å². The fourth-order valence-electron chi connectivity index (χ4n) is 3.22. The topological polar surface area (TPSA) is 60.2 Å². The van der Waals surface area contributed by atoms with Crippen molar-refractivity contribution in [1.29, 1.82) is 0 Å².